The molecule has 0 spiro atoms. The number of nitrogens with zero attached hydrogens (tertiary/aromatic N) is 1. The molecule has 1 aliphatic heterocycles. The second-order valence-electron chi connectivity index (χ2n) is 7.24. The molecule has 0 radical (unpaired) electrons. The monoisotopic (exact) mass is 351 g/mol. The molecule has 1 aromatic carbocycles. The summed E-state index contributed by atoms with van der Waals surface area (Å²) < 4.78 is 18.7. The van der Waals surface area contributed by atoms with E-state index in [9.17, 15) is 14.0 Å². The van der Waals surface area contributed by atoms with E-state index < -0.39 is 11.4 Å². The fourth-order valence-electron chi connectivity index (χ4n) is 2.75. The summed E-state index contributed by atoms with van der Waals surface area (Å²) in [7, 11) is 0. The highest BCUT2D eigenvalue weighted by atomic mass is 19.1. The molecule has 2 rings (SSSR count). The highest BCUT2D eigenvalue weighted by Crippen LogP contribution is 2.25. The van der Waals surface area contributed by atoms with Crippen molar-refractivity contribution in [1.82, 2.24) is 4.90 Å². The Morgan fingerprint density at radius 1 is 1.32 bits per heavy atom. The first-order valence-corrected chi connectivity index (χ1v) is 8.50. The Kier molecular flexibility index (Phi) is 6.22. The lowest BCUT2D eigenvalue weighted by Crippen LogP contribution is -2.42. The molecule has 0 aliphatic carbocycles. The number of hydrogen-bond acceptors (Lipinski definition) is 4. The zero-order valence-electron chi connectivity index (χ0n) is 15.0. The van der Waals surface area contributed by atoms with Gasteiger partial charge in [0.2, 0.25) is 6.41 Å². The summed E-state index contributed by atoms with van der Waals surface area (Å²) >= 11 is 0. The number of halogens is 1. The molecule has 1 aromatic rings. The molecular weight excluding hydrogens is 325 g/mol. The number of benzene rings is 1. The number of nitrogens with one attached hydrogen (secondary N) is 2. The minimum absolute atomic E-state index is 0.269. The van der Waals surface area contributed by atoms with E-state index in [1.807, 2.05) is 20.8 Å². The van der Waals surface area contributed by atoms with Crippen molar-refractivity contribution in [2.24, 2.45) is 5.92 Å². The maximum Gasteiger partial charge on any atom is 0.410 e. The fourth-order valence-corrected chi connectivity index (χ4v) is 2.75. The summed E-state index contributed by atoms with van der Waals surface area (Å²) in [6.45, 7) is 7.58. The molecule has 0 bridgehead atoms. The van der Waals surface area contributed by atoms with Crippen molar-refractivity contribution in [1.29, 1.82) is 0 Å². The molecular formula is C18H26FN3O3. The summed E-state index contributed by atoms with van der Waals surface area (Å²) in [5, 5.41) is 5.75. The zero-order valence-corrected chi connectivity index (χ0v) is 15.0. The lowest BCUT2D eigenvalue weighted by Gasteiger charge is -2.33. The van der Waals surface area contributed by atoms with Crippen molar-refractivity contribution >= 4 is 23.9 Å². The van der Waals surface area contributed by atoms with Crippen LogP contribution in [-0.2, 0) is 9.53 Å². The molecule has 0 unspecified atom stereocenters. The van der Waals surface area contributed by atoms with E-state index >= 15 is 0 Å². The van der Waals surface area contributed by atoms with Crippen LogP contribution in [0.3, 0.4) is 0 Å². The van der Waals surface area contributed by atoms with Gasteiger partial charge in [0, 0.05) is 19.6 Å². The van der Waals surface area contributed by atoms with E-state index in [0.717, 1.165) is 12.8 Å². The van der Waals surface area contributed by atoms with Gasteiger partial charge in [0.05, 0.1) is 11.4 Å². The summed E-state index contributed by atoms with van der Waals surface area (Å²) in [5.41, 5.74) is 0.615. The van der Waals surface area contributed by atoms with Gasteiger partial charge in [-0.25, -0.2) is 9.18 Å². The van der Waals surface area contributed by atoms with Crippen LogP contribution in [0, 0.1) is 11.7 Å². The first-order chi connectivity index (χ1) is 11.8. The van der Waals surface area contributed by atoms with Crippen molar-refractivity contribution in [3.05, 3.63) is 24.0 Å². The SMILES string of the molecule is CC(C)(C)OC(=O)N1CCC(CNc2ccc(F)cc2NC=O)CC1. The summed E-state index contributed by atoms with van der Waals surface area (Å²) in [6, 6.07) is 4.24. The number of piperidine rings is 1. The molecule has 2 amide bonds. The standard InChI is InChI=1S/C18H26FN3O3/c1-18(2,3)25-17(24)22-8-6-13(7-9-22)11-20-15-5-4-14(19)10-16(15)21-12-23/h4-5,10,12-13,20H,6-9,11H2,1-3H3,(H,21,23). The van der Waals surface area contributed by atoms with Crippen LogP contribution in [-0.4, -0.2) is 42.6 Å². The normalized spacial score (nSPS) is 15.6. The second-order valence-corrected chi connectivity index (χ2v) is 7.24. The molecule has 2 N–H and O–H groups in total. The van der Waals surface area contributed by atoms with Gasteiger partial charge in [0.1, 0.15) is 11.4 Å². The van der Waals surface area contributed by atoms with E-state index in [1.165, 1.54) is 12.1 Å². The fraction of sp³-hybridized carbons (Fsp3) is 0.556. The largest absolute Gasteiger partial charge is 0.444 e. The number of rotatable bonds is 5. The Labute approximate surface area is 147 Å². The van der Waals surface area contributed by atoms with Crippen molar-refractivity contribution in [3.8, 4) is 0 Å². The van der Waals surface area contributed by atoms with Crippen molar-refractivity contribution in [2.45, 2.75) is 39.2 Å². The minimum atomic E-state index is -0.486. The summed E-state index contributed by atoms with van der Waals surface area (Å²) in [6.07, 6.45) is 1.99. The van der Waals surface area contributed by atoms with Crippen LogP contribution in [0.1, 0.15) is 33.6 Å². The van der Waals surface area contributed by atoms with Crippen LogP contribution in [0.15, 0.2) is 18.2 Å². The lowest BCUT2D eigenvalue weighted by atomic mass is 9.97. The van der Waals surface area contributed by atoms with Crippen LogP contribution in [0.4, 0.5) is 20.6 Å². The predicted octanol–water partition coefficient (Wildman–Crippen LogP) is 3.45. The van der Waals surface area contributed by atoms with Crippen LogP contribution in [0.25, 0.3) is 0 Å². The number of likely N-dealkylation sites (tertiary alicyclic amines) is 1. The molecule has 1 heterocycles. The average Bonchev–Trinajstić information content (AvgIpc) is 2.53. The molecule has 1 saturated heterocycles. The van der Waals surface area contributed by atoms with Gasteiger partial charge in [-0.15, -0.1) is 0 Å². The predicted molar refractivity (Wildman–Crippen MR) is 95.1 cm³/mol. The highest BCUT2D eigenvalue weighted by molar-refractivity contribution is 5.80. The number of hydrogen-bond donors (Lipinski definition) is 2. The second kappa shape index (κ2) is 8.18. The Hall–Kier alpha value is -2.31. The van der Waals surface area contributed by atoms with E-state index in [2.05, 4.69) is 10.6 Å². The first kappa shape index (κ1) is 19.0. The van der Waals surface area contributed by atoms with Crippen LogP contribution in [0.2, 0.25) is 0 Å². The minimum Gasteiger partial charge on any atom is -0.444 e. The zero-order chi connectivity index (χ0) is 18.4. The van der Waals surface area contributed by atoms with Gasteiger partial charge in [-0.3, -0.25) is 4.79 Å². The van der Waals surface area contributed by atoms with E-state index in [-0.39, 0.29) is 6.09 Å². The molecule has 0 aromatic heterocycles. The third kappa shape index (κ3) is 5.92. The van der Waals surface area contributed by atoms with Gasteiger partial charge < -0.3 is 20.3 Å². The molecule has 0 saturated carbocycles. The molecule has 6 nitrogen and oxygen atoms in total. The van der Waals surface area contributed by atoms with Gasteiger partial charge in [0.25, 0.3) is 0 Å². The summed E-state index contributed by atoms with van der Waals surface area (Å²) in [4.78, 5) is 24.4. The number of ether oxygens (including phenoxy) is 1. The number of carbonyl (C=O) groups is 2. The highest BCUT2D eigenvalue weighted by Gasteiger charge is 2.26. The maximum atomic E-state index is 13.3. The third-order valence-corrected chi connectivity index (χ3v) is 4.04. The quantitative estimate of drug-likeness (QED) is 0.797. The Morgan fingerprint density at radius 2 is 2.00 bits per heavy atom. The molecule has 25 heavy (non-hydrogen) atoms. The van der Waals surface area contributed by atoms with Gasteiger partial charge >= 0.3 is 6.09 Å². The topological polar surface area (TPSA) is 70.7 Å². The lowest BCUT2D eigenvalue weighted by molar-refractivity contribution is -0.105. The van der Waals surface area contributed by atoms with Crippen molar-refractivity contribution < 1.29 is 18.7 Å². The molecule has 1 aliphatic rings. The van der Waals surface area contributed by atoms with Crippen LogP contribution >= 0.6 is 0 Å². The van der Waals surface area contributed by atoms with Gasteiger partial charge in [-0.1, -0.05) is 0 Å². The Bertz CT molecular complexity index is 608. The van der Waals surface area contributed by atoms with Gasteiger partial charge in [-0.05, 0) is 57.7 Å². The van der Waals surface area contributed by atoms with E-state index in [1.54, 1.807) is 11.0 Å². The number of anilines is 2. The third-order valence-electron chi connectivity index (χ3n) is 4.04. The van der Waals surface area contributed by atoms with Gasteiger partial charge in [0.15, 0.2) is 0 Å². The molecule has 0 atom stereocenters. The van der Waals surface area contributed by atoms with E-state index in [0.29, 0.717) is 43.3 Å². The molecule has 7 heteroatoms. The van der Waals surface area contributed by atoms with Crippen molar-refractivity contribution in [2.75, 3.05) is 30.3 Å². The smallest absolute Gasteiger partial charge is 0.410 e. The Balaban J connectivity index is 1.83. The maximum absolute atomic E-state index is 13.3. The first-order valence-electron chi connectivity index (χ1n) is 8.50. The van der Waals surface area contributed by atoms with E-state index in [4.69, 9.17) is 4.74 Å². The number of carbonyl (C=O) groups excluding carboxylic acids is 2. The van der Waals surface area contributed by atoms with Gasteiger partial charge in [-0.2, -0.15) is 0 Å². The molecule has 1 fully saturated rings. The summed E-state index contributed by atoms with van der Waals surface area (Å²) in [5.74, 6) is -0.00612. The van der Waals surface area contributed by atoms with Crippen molar-refractivity contribution in [3.63, 3.8) is 0 Å². The Morgan fingerprint density at radius 3 is 2.60 bits per heavy atom. The van der Waals surface area contributed by atoms with Crippen LogP contribution in [0.5, 0.6) is 0 Å². The molecule has 138 valence electrons. The average molecular weight is 351 g/mol. The number of amides is 2. The van der Waals surface area contributed by atoms with Crippen LogP contribution < -0.4 is 10.6 Å².